The highest BCUT2D eigenvalue weighted by Gasteiger charge is 2.29. The molecular weight excluding hydrogens is 360 g/mol. The first-order valence-corrected chi connectivity index (χ1v) is 10.3. The minimum atomic E-state index is 0.0658. The van der Waals surface area contributed by atoms with Gasteiger partial charge >= 0.3 is 0 Å². The number of hydrogen-bond donors (Lipinski definition) is 1. The number of amides is 1. The molecule has 1 amide bonds. The summed E-state index contributed by atoms with van der Waals surface area (Å²) in [5, 5.41) is 10.3. The Balaban J connectivity index is 1.58. The zero-order chi connectivity index (χ0) is 20.5. The standard InChI is InChI=1S/C25H28N2O2/c1-16-7-8-23-22(11-16)24(17(2)18(3)26-23)25(29)27-10-9-20(14-27)12-19-5-4-6-21(13-19)15-28/h4-8,11,13,20,28H,9-10,12,14-15H2,1-3H3. The Bertz CT molecular complexity index is 1070. The Hall–Kier alpha value is -2.72. The van der Waals surface area contributed by atoms with Crippen LogP contribution in [0.25, 0.3) is 10.9 Å². The van der Waals surface area contributed by atoms with Crippen molar-refractivity contribution in [1.29, 1.82) is 0 Å². The lowest BCUT2D eigenvalue weighted by Crippen LogP contribution is -2.30. The van der Waals surface area contributed by atoms with Crippen LogP contribution in [-0.2, 0) is 13.0 Å². The minimum Gasteiger partial charge on any atom is -0.392 e. The van der Waals surface area contributed by atoms with Crippen molar-refractivity contribution in [2.75, 3.05) is 13.1 Å². The van der Waals surface area contributed by atoms with E-state index in [0.717, 1.165) is 64.8 Å². The van der Waals surface area contributed by atoms with Gasteiger partial charge in [-0.05, 0) is 68.4 Å². The normalized spacial score (nSPS) is 16.6. The SMILES string of the molecule is Cc1ccc2nc(C)c(C)c(C(=O)N3CCC(Cc4cccc(CO)c4)C3)c2c1. The first-order valence-electron chi connectivity index (χ1n) is 10.3. The summed E-state index contributed by atoms with van der Waals surface area (Å²) >= 11 is 0. The number of hydrogen-bond acceptors (Lipinski definition) is 3. The monoisotopic (exact) mass is 388 g/mol. The molecule has 0 bridgehead atoms. The summed E-state index contributed by atoms with van der Waals surface area (Å²) in [7, 11) is 0. The average molecular weight is 389 g/mol. The van der Waals surface area contributed by atoms with Gasteiger partial charge in [0.15, 0.2) is 0 Å². The maximum absolute atomic E-state index is 13.5. The minimum absolute atomic E-state index is 0.0658. The number of aryl methyl sites for hydroxylation is 2. The molecule has 1 N–H and O–H groups in total. The number of nitrogens with zero attached hydrogens (tertiary/aromatic N) is 2. The van der Waals surface area contributed by atoms with Crippen LogP contribution >= 0.6 is 0 Å². The molecule has 4 nitrogen and oxygen atoms in total. The molecule has 1 aromatic heterocycles. The molecule has 0 radical (unpaired) electrons. The van der Waals surface area contributed by atoms with Crippen LogP contribution in [0.15, 0.2) is 42.5 Å². The van der Waals surface area contributed by atoms with E-state index < -0.39 is 0 Å². The third-order valence-corrected chi connectivity index (χ3v) is 6.11. The van der Waals surface area contributed by atoms with E-state index in [-0.39, 0.29) is 12.5 Å². The van der Waals surface area contributed by atoms with Crippen LogP contribution in [0.2, 0.25) is 0 Å². The second-order valence-corrected chi connectivity index (χ2v) is 8.31. The molecule has 0 saturated carbocycles. The maximum Gasteiger partial charge on any atom is 0.254 e. The summed E-state index contributed by atoms with van der Waals surface area (Å²) in [5.41, 5.74) is 6.90. The lowest BCUT2D eigenvalue weighted by molar-refractivity contribution is 0.0788. The van der Waals surface area contributed by atoms with Gasteiger partial charge in [0.2, 0.25) is 0 Å². The van der Waals surface area contributed by atoms with E-state index >= 15 is 0 Å². The van der Waals surface area contributed by atoms with Gasteiger partial charge in [0.1, 0.15) is 0 Å². The number of benzene rings is 2. The van der Waals surface area contributed by atoms with Crippen molar-refractivity contribution < 1.29 is 9.90 Å². The quantitative estimate of drug-likeness (QED) is 0.723. The van der Waals surface area contributed by atoms with Gasteiger partial charge in [-0.3, -0.25) is 9.78 Å². The molecule has 1 saturated heterocycles. The number of rotatable bonds is 4. The average Bonchev–Trinajstić information content (AvgIpc) is 3.17. The van der Waals surface area contributed by atoms with Crippen LogP contribution in [0.1, 0.15) is 44.7 Å². The van der Waals surface area contributed by atoms with Crippen molar-refractivity contribution in [2.24, 2.45) is 5.92 Å². The predicted molar refractivity (Wildman–Crippen MR) is 116 cm³/mol. The number of aliphatic hydroxyl groups is 1. The molecule has 2 heterocycles. The highest BCUT2D eigenvalue weighted by atomic mass is 16.3. The number of pyridine rings is 1. The molecular formula is C25H28N2O2. The number of aromatic nitrogens is 1. The van der Waals surface area contributed by atoms with Crippen LogP contribution in [0.3, 0.4) is 0 Å². The van der Waals surface area contributed by atoms with Crippen LogP contribution in [0.4, 0.5) is 0 Å². The number of carbonyl (C=O) groups is 1. The Kier molecular flexibility index (Phi) is 5.37. The second-order valence-electron chi connectivity index (χ2n) is 8.31. The van der Waals surface area contributed by atoms with Crippen molar-refractivity contribution >= 4 is 16.8 Å². The van der Waals surface area contributed by atoms with E-state index in [1.54, 1.807) is 0 Å². The zero-order valence-electron chi connectivity index (χ0n) is 17.4. The predicted octanol–water partition coefficient (Wildman–Crippen LogP) is 4.36. The summed E-state index contributed by atoms with van der Waals surface area (Å²) in [6.45, 7) is 7.66. The molecule has 0 aliphatic carbocycles. The third-order valence-electron chi connectivity index (χ3n) is 6.11. The van der Waals surface area contributed by atoms with Crippen LogP contribution in [0, 0.1) is 26.7 Å². The molecule has 1 fully saturated rings. The Morgan fingerprint density at radius 2 is 1.93 bits per heavy atom. The molecule has 1 atom stereocenters. The van der Waals surface area contributed by atoms with E-state index in [0.29, 0.717) is 5.92 Å². The number of fused-ring (bicyclic) bond motifs is 1. The first kappa shape index (κ1) is 19.6. The van der Waals surface area contributed by atoms with Crippen molar-refractivity contribution in [3.8, 4) is 0 Å². The van der Waals surface area contributed by atoms with Crippen LogP contribution in [-0.4, -0.2) is 34.0 Å². The maximum atomic E-state index is 13.5. The van der Waals surface area contributed by atoms with Gasteiger partial charge in [0, 0.05) is 24.2 Å². The molecule has 1 aliphatic heterocycles. The van der Waals surface area contributed by atoms with E-state index in [2.05, 4.69) is 30.1 Å². The molecule has 29 heavy (non-hydrogen) atoms. The zero-order valence-corrected chi connectivity index (χ0v) is 17.4. The van der Waals surface area contributed by atoms with Gasteiger partial charge in [0.25, 0.3) is 5.91 Å². The number of aliphatic hydroxyl groups excluding tert-OH is 1. The van der Waals surface area contributed by atoms with Gasteiger partial charge in [-0.2, -0.15) is 0 Å². The molecule has 4 heteroatoms. The topological polar surface area (TPSA) is 53.4 Å². The molecule has 3 aromatic rings. The van der Waals surface area contributed by atoms with E-state index in [1.165, 1.54) is 5.56 Å². The van der Waals surface area contributed by atoms with Gasteiger partial charge in [0.05, 0.1) is 17.7 Å². The summed E-state index contributed by atoms with van der Waals surface area (Å²) < 4.78 is 0. The second kappa shape index (κ2) is 7.96. The largest absolute Gasteiger partial charge is 0.392 e. The fourth-order valence-corrected chi connectivity index (χ4v) is 4.40. The van der Waals surface area contributed by atoms with Crippen molar-refractivity contribution in [3.05, 3.63) is 76.0 Å². The molecule has 0 spiro atoms. The fourth-order valence-electron chi connectivity index (χ4n) is 4.40. The van der Waals surface area contributed by atoms with Crippen molar-refractivity contribution in [2.45, 2.75) is 40.2 Å². The summed E-state index contributed by atoms with van der Waals surface area (Å²) in [4.78, 5) is 20.2. The molecule has 2 aromatic carbocycles. The molecule has 150 valence electrons. The summed E-state index contributed by atoms with van der Waals surface area (Å²) in [5.74, 6) is 0.569. The van der Waals surface area contributed by atoms with E-state index in [4.69, 9.17) is 0 Å². The van der Waals surface area contributed by atoms with Gasteiger partial charge in [-0.15, -0.1) is 0 Å². The third kappa shape index (κ3) is 3.90. The van der Waals surface area contributed by atoms with Crippen molar-refractivity contribution in [1.82, 2.24) is 9.88 Å². The van der Waals surface area contributed by atoms with Gasteiger partial charge < -0.3 is 10.0 Å². The Morgan fingerprint density at radius 1 is 1.14 bits per heavy atom. The Labute approximate surface area is 172 Å². The summed E-state index contributed by atoms with van der Waals surface area (Å²) in [6, 6.07) is 14.2. The van der Waals surface area contributed by atoms with Crippen LogP contribution < -0.4 is 0 Å². The lowest BCUT2D eigenvalue weighted by atomic mass is 9.97. The summed E-state index contributed by atoms with van der Waals surface area (Å²) in [6.07, 6.45) is 1.95. The van der Waals surface area contributed by atoms with Gasteiger partial charge in [-0.1, -0.05) is 35.9 Å². The lowest BCUT2D eigenvalue weighted by Gasteiger charge is -2.20. The highest BCUT2D eigenvalue weighted by Crippen LogP contribution is 2.28. The highest BCUT2D eigenvalue weighted by molar-refractivity contribution is 6.07. The molecule has 1 unspecified atom stereocenters. The molecule has 4 rings (SSSR count). The van der Waals surface area contributed by atoms with E-state index in [1.807, 2.05) is 43.0 Å². The van der Waals surface area contributed by atoms with E-state index in [9.17, 15) is 9.90 Å². The molecule has 1 aliphatic rings. The number of carbonyl (C=O) groups excluding carboxylic acids is 1. The number of likely N-dealkylation sites (tertiary alicyclic amines) is 1. The van der Waals surface area contributed by atoms with Crippen LogP contribution in [0.5, 0.6) is 0 Å². The van der Waals surface area contributed by atoms with Gasteiger partial charge in [-0.25, -0.2) is 0 Å². The fraction of sp³-hybridized carbons (Fsp3) is 0.360. The smallest absolute Gasteiger partial charge is 0.254 e. The first-order chi connectivity index (χ1) is 14.0. The van der Waals surface area contributed by atoms with Crippen molar-refractivity contribution in [3.63, 3.8) is 0 Å². The Morgan fingerprint density at radius 3 is 2.72 bits per heavy atom.